The van der Waals surface area contributed by atoms with E-state index in [4.69, 9.17) is 23.2 Å². The van der Waals surface area contributed by atoms with Crippen molar-refractivity contribution in [1.82, 2.24) is 15.1 Å². The standard InChI is InChI=1S/C16H13Cl2N3OS/c17-14-8-13(15(18)23-14)16(22)19-9-11-4-1-2-5-12(11)10-21-7-3-6-20-21/h1-8H,9-10H2,(H,19,22). The quantitative estimate of drug-likeness (QED) is 0.735. The Bertz CT molecular complexity index is 815. The molecule has 3 rings (SSSR count). The molecule has 0 unspecified atom stereocenters. The molecule has 3 aromatic rings. The molecule has 0 saturated heterocycles. The first-order valence-electron chi connectivity index (χ1n) is 6.90. The zero-order valence-electron chi connectivity index (χ0n) is 12.0. The molecule has 1 aromatic carbocycles. The molecular formula is C16H13Cl2N3OS. The topological polar surface area (TPSA) is 46.9 Å². The fraction of sp³-hybridized carbons (Fsp3) is 0.125. The first-order valence-corrected chi connectivity index (χ1v) is 8.48. The second-order valence-electron chi connectivity index (χ2n) is 4.89. The molecule has 0 spiro atoms. The van der Waals surface area contributed by atoms with Gasteiger partial charge < -0.3 is 5.32 Å². The van der Waals surface area contributed by atoms with Gasteiger partial charge in [-0.15, -0.1) is 11.3 Å². The van der Waals surface area contributed by atoms with Crippen LogP contribution in [0.2, 0.25) is 8.67 Å². The maximum atomic E-state index is 12.2. The summed E-state index contributed by atoms with van der Waals surface area (Å²) in [6.45, 7) is 1.07. The SMILES string of the molecule is O=C(NCc1ccccc1Cn1cccn1)c1cc(Cl)sc1Cl. The Hall–Kier alpha value is -1.82. The van der Waals surface area contributed by atoms with Crippen LogP contribution in [0.25, 0.3) is 0 Å². The minimum absolute atomic E-state index is 0.230. The molecule has 0 radical (unpaired) electrons. The number of hydrogen-bond acceptors (Lipinski definition) is 3. The van der Waals surface area contributed by atoms with Crippen molar-refractivity contribution in [2.24, 2.45) is 0 Å². The van der Waals surface area contributed by atoms with E-state index in [2.05, 4.69) is 10.4 Å². The number of halogens is 2. The largest absolute Gasteiger partial charge is 0.348 e. The van der Waals surface area contributed by atoms with E-state index in [1.807, 2.05) is 41.2 Å². The summed E-state index contributed by atoms with van der Waals surface area (Å²) in [5, 5.41) is 7.09. The van der Waals surface area contributed by atoms with E-state index in [-0.39, 0.29) is 5.91 Å². The Morgan fingerprint density at radius 3 is 2.65 bits per heavy atom. The summed E-state index contributed by atoms with van der Waals surface area (Å²) in [6, 6.07) is 11.4. The average Bonchev–Trinajstić information content (AvgIpc) is 3.15. The number of nitrogens with one attached hydrogen (secondary N) is 1. The van der Waals surface area contributed by atoms with Gasteiger partial charge in [0.1, 0.15) is 4.34 Å². The van der Waals surface area contributed by atoms with E-state index in [1.165, 1.54) is 11.3 Å². The number of thiophene rings is 1. The Balaban J connectivity index is 1.71. The smallest absolute Gasteiger partial charge is 0.253 e. The van der Waals surface area contributed by atoms with Crippen molar-refractivity contribution in [3.63, 3.8) is 0 Å². The highest BCUT2D eigenvalue weighted by atomic mass is 35.5. The van der Waals surface area contributed by atoms with Gasteiger partial charge >= 0.3 is 0 Å². The second kappa shape index (κ2) is 7.17. The van der Waals surface area contributed by atoms with Gasteiger partial charge in [0.05, 0.1) is 16.4 Å². The molecule has 0 saturated carbocycles. The molecule has 0 atom stereocenters. The predicted octanol–water partition coefficient (Wildman–Crippen LogP) is 4.23. The zero-order chi connectivity index (χ0) is 16.2. The van der Waals surface area contributed by atoms with Gasteiger partial charge in [-0.1, -0.05) is 47.5 Å². The summed E-state index contributed by atoms with van der Waals surface area (Å²) in [5.74, 6) is -0.230. The molecule has 0 fully saturated rings. The van der Waals surface area contributed by atoms with Gasteiger partial charge in [-0.25, -0.2) is 0 Å². The number of amides is 1. The average molecular weight is 366 g/mol. The highest BCUT2D eigenvalue weighted by Gasteiger charge is 2.14. The second-order valence-corrected chi connectivity index (χ2v) is 7.18. The van der Waals surface area contributed by atoms with Crippen molar-refractivity contribution in [1.29, 1.82) is 0 Å². The lowest BCUT2D eigenvalue weighted by Gasteiger charge is -2.11. The summed E-state index contributed by atoms with van der Waals surface area (Å²) in [4.78, 5) is 12.2. The number of nitrogens with zero attached hydrogens (tertiary/aromatic N) is 2. The van der Waals surface area contributed by atoms with Crippen LogP contribution < -0.4 is 5.32 Å². The van der Waals surface area contributed by atoms with Gasteiger partial charge in [-0.3, -0.25) is 9.48 Å². The summed E-state index contributed by atoms with van der Waals surface area (Å²) >= 11 is 13.1. The summed E-state index contributed by atoms with van der Waals surface area (Å²) in [7, 11) is 0. The molecular weight excluding hydrogens is 353 g/mol. The van der Waals surface area contributed by atoms with E-state index >= 15 is 0 Å². The van der Waals surface area contributed by atoms with Crippen LogP contribution in [0.4, 0.5) is 0 Å². The van der Waals surface area contributed by atoms with Crippen molar-refractivity contribution < 1.29 is 4.79 Å². The van der Waals surface area contributed by atoms with Gasteiger partial charge in [0, 0.05) is 18.9 Å². The molecule has 23 heavy (non-hydrogen) atoms. The van der Waals surface area contributed by atoms with Crippen LogP contribution >= 0.6 is 34.5 Å². The molecule has 0 bridgehead atoms. The Morgan fingerprint density at radius 1 is 1.22 bits per heavy atom. The molecule has 1 N–H and O–H groups in total. The van der Waals surface area contributed by atoms with E-state index in [0.717, 1.165) is 11.1 Å². The van der Waals surface area contributed by atoms with Crippen molar-refractivity contribution in [2.75, 3.05) is 0 Å². The fourth-order valence-corrected chi connectivity index (χ4v) is 3.68. The van der Waals surface area contributed by atoms with Crippen molar-refractivity contribution >= 4 is 40.4 Å². The third-order valence-electron chi connectivity index (χ3n) is 3.35. The van der Waals surface area contributed by atoms with Gasteiger partial charge in [0.25, 0.3) is 5.91 Å². The summed E-state index contributed by atoms with van der Waals surface area (Å²) < 4.78 is 2.74. The third-order valence-corrected chi connectivity index (χ3v) is 4.84. The van der Waals surface area contributed by atoms with Crippen molar-refractivity contribution in [3.05, 3.63) is 74.2 Å². The molecule has 4 nitrogen and oxygen atoms in total. The monoisotopic (exact) mass is 365 g/mol. The minimum atomic E-state index is -0.230. The lowest BCUT2D eigenvalue weighted by molar-refractivity contribution is 0.0951. The normalized spacial score (nSPS) is 10.7. The van der Waals surface area contributed by atoms with Gasteiger partial charge in [0.2, 0.25) is 0 Å². The van der Waals surface area contributed by atoms with Crippen LogP contribution in [0.3, 0.4) is 0 Å². The number of carbonyl (C=O) groups excluding carboxylic acids is 1. The zero-order valence-corrected chi connectivity index (χ0v) is 14.3. The molecule has 7 heteroatoms. The molecule has 1 amide bonds. The first kappa shape index (κ1) is 16.1. The molecule has 0 aliphatic rings. The maximum absolute atomic E-state index is 12.2. The lowest BCUT2D eigenvalue weighted by atomic mass is 10.1. The Labute approximate surface area is 147 Å². The van der Waals surface area contributed by atoms with E-state index in [0.29, 0.717) is 27.3 Å². The number of benzene rings is 1. The Kier molecular flexibility index (Phi) is 5.00. The first-order chi connectivity index (χ1) is 11.1. The van der Waals surface area contributed by atoms with Crippen LogP contribution in [-0.2, 0) is 13.1 Å². The highest BCUT2D eigenvalue weighted by Crippen LogP contribution is 2.31. The fourth-order valence-electron chi connectivity index (χ4n) is 2.22. The lowest BCUT2D eigenvalue weighted by Crippen LogP contribution is -2.23. The van der Waals surface area contributed by atoms with Gasteiger partial charge in [0.15, 0.2) is 0 Å². The molecule has 0 aliphatic carbocycles. The predicted molar refractivity (Wildman–Crippen MR) is 93.3 cm³/mol. The van der Waals surface area contributed by atoms with Crippen LogP contribution in [0.5, 0.6) is 0 Å². The number of aromatic nitrogens is 2. The molecule has 118 valence electrons. The van der Waals surface area contributed by atoms with E-state index < -0.39 is 0 Å². The Morgan fingerprint density at radius 2 is 2.00 bits per heavy atom. The van der Waals surface area contributed by atoms with Gasteiger partial charge in [-0.05, 0) is 23.3 Å². The van der Waals surface area contributed by atoms with Gasteiger partial charge in [-0.2, -0.15) is 5.10 Å². The molecule has 2 heterocycles. The molecule has 0 aliphatic heterocycles. The minimum Gasteiger partial charge on any atom is -0.348 e. The summed E-state index contributed by atoms with van der Waals surface area (Å²) in [5.41, 5.74) is 2.55. The van der Waals surface area contributed by atoms with Crippen molar-refractivity contribution in [3.8, 4) is 0 Å². The van der Waals surface area contributed by atoms with Crippen molar-refractivity contribution in [2.45, 2.75) is 13.1 Å². The van der Waals surface area contributed by atoms with E-state index in [9.17, 15) is 4.79 Å². The number of rotatable bonds is 5. The third kappa shape index (κ3) is 3.93. The number of hydrogen-bond donors (Lipinski definition) is 1. The van der Waals surface area contributed by atoms with Crippen LogP contribution in [0.1, 0.15) is 21.5 Å². The summed E-state index contributed by atoms with van der Waals surface area (Å²) in [6.07, 6.45) is 3.65. The highest BCUT2D eigenvalue weighted by molar-refractivity contribution is 7.20. The van der Waals surface area contributed by atoms with Crippen LogP contribution in [0, 0.1) is 0 Å². The van der Waals surface area contributed by atoms with Crippen LogP contribution in [0.15, 0.2) is 48.8 Å². The number of carbonyl (C=O) groups is 1. The maximum Gasteiger partial charge on any atom is 0.253 e. The molecule has 2 aromatic heterocycles. The van der Waals surface area contributed by atoms with E-state index in [1.54, 1.807) is 12.3 Å². The van der Waals surface area contributed by atoms with Crippen LogP contribution in [-0.4, -0.2) is 15.7 Å².